The monoisotopic (exact) mass is 350 g/mol. The fourth-order valence-corrected chi connectivity index (χ4v) is 3.40. The third kappa shape index (κ3) is 5.51. The smallest absolute Gasteiger partial charge is 0.306 e. The van der Waals surface area contributed by atoms with Crippen LogP contribution in [0.5, 0.6) is 0 Å². The highest BCUT2D eigenvalue weighted by molar-refractivity contribution is 7.99. The Balaban J connectivity index is 1.76. The van der Waals surface area contributed by atoms with Crippen LogP contribution in [0.15, 0.2) is 21.8 Å². The zero-order valence-corrected chi connectivity index (χ0v) is 15.5. The fraction of sp³-hybridized carbons (Fsp3) is 0.611. The van der Waals surface area contributed by atoms with Gasteiger partial charge in [0.05, 0.1) is 19.3 Å². The zero-order valence-electron chi connectivity index (χ0n) is 14.7. The summed E-state index contributed by atoms with van der Waals surface area (Å²) in [6.45, 7) is 6.72. The molecule has 0 radical (unpaired) electrons. The molecule has 2 rings (SSSR count). The minimum atomic E-state index is -0.140. The number of aryl methyl sites for hydroxylation is 1. The van der Waals surface area contributed by atoms with E-state index in [4.69, 9.17) is 9.15 Å². The Labute approximate surface area is 147 Å². The molecule has 6 heteroatoms. The molecule has 0 spiro atoms. The van der Waals surface area contributed by atoms with E-state index in [1.54, 1.807) is 6.26 Å². The summed E-state index contributed by atoms with van der Waals surface area (Å²) in [6.07, 6.45) is 6.54. The van der Waals surface area contributed by atoms with E-state index >= 15 is 0 Å². The first kappa shape index (κ1) is 18.8. The number of nitrogens with zero attached hydrogens (tertiary/aromatic N) is 2. The van der Waals surface area contributed by atoms with Crippen LogP contribution in [-0.2, 0) is 9.53 Å². The van der Waals surface area contributed by atoms with Gasteiger partial charge < -0.3 is 9.15 Å². The molecule has 1 atom stereocenters. The fourth-order valence-electron chi connectivity index (χ4n) is 2.46. The molecule has 5 nitrogen and oxygen atoms in total. The summed E-state index contributed by atoms with van der Waals surface area (Å²) in [5.41, 5.74) is 1.49. The molecule has 1 unspecified atom stereocenters. The van der Waals surface area contributed by atoms with E-state index in [1.807, 2.05) is 13.0 Å². The van der Waals surface area contributed by atoms with Crippen LogP contribution in [0.3, 0.4) is 0 Å². The third-order valence-corrected chi connectivity index (χ3v) is 4.91. The van der Waals surface area contributed by atoms with Crippen molar-refractivity contribution in [2.45, 2.75) is 57.9 Å². The Morgan fingerprint density at radius 1 is 1.38 bits per heavy atom. The number of esters is 1. The second kappa shape index (κ2) is 9.67. The van der Waals surface area contributed by atoms with Crippen molar-refractivity contribution in [2.75, 3.05) is 12.4 Å². The van der Waals surface area contributed by atoms with Gasteiger partial charge in [-0.25, -0.2) is 9.97 Å². The summed E-state index contributed by atoms with van der Waals surface area (Å²) in [7, 11) is 0. The van der Waals surface area contributed by atoms with Crippen molar-refractivity contribution in [3.8, 4) is 0 Å². The van der Waals surface area contributed by atoms with E-state index in [-0.39, 0.29) is 5.97 Å². The molecule has 0 N–H and O–H groups in total. The van der Waals surface area contributed by atoms with E-state index in [2.05, 4.69) is 23.8 Å². The molecule has 0 fully saturated rings. The number of aromatic nitrogens is 2. The van der Waals surface area contributed by atoms with Crippen LogP contribution >= 0.6 is 11.8 Å². The molecule has 2 aromatic rings. The van der Waals surface area contributed by atoms with E-state index in [0.29, 0.717) is 36.1 Å². The first-order chi connectivity index (χ1) is 11.6. The molecule has 0 bridgehead atoms. The van der Waals surface area contributed by atoms with E-state index in [9.17, 15) is 4.79 Å². The molecule has 2 aromatic heterocycles. The Kier molecular flexibility index (Phi) is 7.56. The maximum absolute atomic E-state index is 11.9. The van der Waals surface area contributed by atoms with Gasteiger partial charge in [-0.1, -0.05) is 33.1 Å². The second-order valence-corrected chi connectivity index (χ2v) is 6.99. The minimum Gasteiger partial charge on any atom is -0.465 e. The maximum Gasteiger partial charge on any atom is 0.306 e. The Hall–Kier alpha value is -1.56. The van der Waals surface area contributed by atoms with Gasteiger partial charge in [0.15, 0.2) is 5.58 Å². The lowest BCUT2D eigenvalue weighted by Gasteiger charge is -2.14. The molecule has 0 saturated carbocycles. The van der Waals surface area contributed by atoms with Crippen molar-refractivity contribution in [1.82, 2.24) is 9.97 Å². The number of fused-ring (bicyclic) bond motifs is 1. The number of rotatable bonds is 10. The predicted octanol–water partition coefficient (Wildman–Crippen LogP) is 4.77. The largest absolute Gasteiger partial charge is 0.465 e. The minimum absolute atomic E-state index is 0.140. The topological polar surface area (TPSA) is 65.2 Å². The van der Waals surface area contributed by atoms with Crippen molar-refractivity contribution in [1.29, 1.82) is 0 Å². The molecule has 0 amide bonds. The van der Waals surface area contributed by atoms with Gasteiger partial charge in [0.25, 0.3) is 0 Å². The summed E-state index contributed by atoms with van der Waals surface area (Å²) < 4.78 is 10.8. The molecule has 24 heavy (non-hydrogen) atoms. The molecule has 132 valence electrons. The van der Waals surface area contributed by atoms with Gasteiger partial charge in [0.1, 0.15) is 16.4 Å². The lowest BCUT2D eigenvalue weighted by Crippen LogP contribution is -2.14. The van der Waals surface area contributed by atoms with Crippen LogP contribution in [0, 0.1) is 12.8 Å². The van der Waals surface area contributed by atoms with Crippen LogP contribution in [-0.4, -0.2) is 28.3 Å². The summed E-state index contributed by atoms with van der Waals surface area (Å²) in [5.74, 6) is 1.67. The summed E-state index contributed by atoms with van der Waals surface area (Å²) in [6, 6.07) is 1.82. The van der Waals surface area contributed by atoms with Crippen molar-refractivity contribution >= 4 is 28.8 Å². The molecule has 0 aliphatic carbocycles. The second-order valence-electron chi connectivity index (χ2n) is 5.91. The van der Waals surface area contributed by atoms with Gasteiger partial charge in [-0.15, -0.1) is 11.8 Å². The highest BCUT2D eigenvalue weighted by Crippen LogP contribution is 2.26. The number of hydrogen-bond donors (Lipinski definition) is 0. The third-order valence-electron chi connectivity index (χ3n) is 3.95. The summed E-state index contributed by atoms with van der Waals surface area (Å²) >= 11 is 1.51. The molecular formula is C18H26N2O3S. The van der Waals surface area contributed by atoms with Crippen LogP contribution in [0.4, 0.5) is 0 Å². The first-order valence-corrected chi connectivity index (χ1v) is 9.62. The number of hydrogen-bond acceptors (Lipinski definition) is 6. The Morgan fingerprint density at radius 3 is 2.96 bits per heavy atom. The van der Waals surface area contributed by atoms with E-state index < -0.39 is 0 Å². The van der Waals surface area contributed by atoms with Gasteiger partial charge >= 0.3 is 5.97 Å². The summed E-state index contributed by atoms with van der Waals surface area (Å²) in [4.78, 5) is 20.6. The summed E-state index contributed by atoms with van der Waals surface area (Å²) in [5, 5.41) is 0.782. The van der Waals surface area contributed by atoms with Gasteiger partial charge in [0, 0.05) is 11.8 Å². The standard InChI is InChI=1S/C18H26N2O3S/c1-4-6-7-14(5-2)12-23-16(21)9-11-24-18-17-15(8-10-22-17)19-13(3)20-18/h8,10,14H,4-7,9,11-12H2,1-3H3. The number of ether oxygens (including phenoxy) is 1. The lowest BCUT2D eigenvalue weighted by molar-refractivity contribution is -0.144. The van der Waals surface area contributed by atoms with Crippen molar-refractivity contribution < 1.29 is 13.9 Å². The Bertz CT molecular complexity index is 657. The van der Waals surface area contributed by atoms with Gasteiger partial charge in [-0.05, 0) is 19.3 Å². The number of furan rings is 1. The molecular weight excluding hydrogens is 324 g/mol. The van der Waals surface area contributed by atoms with E-state index in [1.165, 1.54) is 24.6 Å². The van der Waals surface area contributed by atoms with Crippen LogP contribution in [0.25, 0.3) is 11.1 Å². The molecule has 0 aliphatic rings. The van der Waals surface area contributed by atoms with Crippen molar-refractivity contribution in [3.05, 3.63) is 18.2 Å². The average Bonchev–Trinajstić information content (AvgIpc) is 3.03. The Morgan fingerprint density at radius 2 is 2.21 bits per heavy atom. The van der Waals surface area contributed by atoms with Crippen molar-refractivity contribution in [3.63, 3.8) is 0 Å². The number of carbonyl (C=O) groups is 1. The first-order valence-electron chi connectivity index (χ1n) is 8.64. The van der Waals surface area contributed by atoms with Crippen LogP contribution in [0.1, 0.15) is 51.8 Å². The SMILES string of the molecule is CCCCC(CC)COC(=O)CCSc1nc(C)nc2ccoc12. The van der Waals surface area contributed by atoms with Gasteiger partial charge in [0.2, 0.25) is 0 Å². The zero-order chi connectivity index (χ0) is 17.4. The van der Waals surface area contributed by atoms with Crippen molar-refractivity contribution in [2.24, 2.45) is 5.92 Å². The average molecular weight is 350 g/mol. The van der Waals surface area contributed by atoms with E-state index in [0.717, 1.165) is 23.4 Å². The van der Waals surface area contributed by atoms with Gasteiger partial charge in [-0.2, -0.15) is 0 Å². The molecule has 0 aliphatic heterocycles. The van der Waals surface area contributed by atoms with Crippen LogP contribution in [0.2, 0.25) is 0 Å². The highest BCUT2D eigenvalue weighted by atomic mass is 32.2. The quantitative estimate of drug-likeness (QED) is 0.349. The molecule has 2 heterocycles. The predicted molar refractivity (Wildman–Crippen MR) is 96.1 cm³/mol. The number of unbranched alkanes of at least 4 members (excludes halogenated alkanes) is 1. The van der Waals surface area contributed by atoms with Crippen LogP contribution < -0.4 is 0 Å². The van der Waals surface area contributed by atoms with Gasteiger partial charge in [-0.3, -0.25) is 4.79 Å². The maximum atomic E-state index is 11.9. The highest BCUT2D eigenvalue weighted by Gasteiger charge is 2.13. The number of carbonyl (C=O) groups excluding carboxylic acids is 1. The molecule has 0 saturated heterocycles. The molecule has 0 aromatic carbocycles. The normalized spacial score (nSPS) is 12.5. The number of thioether (sulfide) groups is 1. The lowest BCUT2D eigenvalue weighted by atomic mass is 10.0.